The number of benzene rings is 1. The van der Waals surface area contributed by atoms with Crippen molar-refractivity contribution in [3.05, 3.63) is 42.2 Å². The van der Waals surface area contributed by atoms with Gasteiger partial charge in [0.15, 0.2) is 0 Å². The third kappa shape index (κ3) is 3.30. The van der Waals surface area contributed by atoms with Crippen molar-refractivity contribution in [2.24, 2.45) is 5.92 Å². The van der Waals surface area contributed by atoms with Crippen LogP contribution >= 0.6 is 0 Å². The molecular weight excluding hydrogens is 375 g/mol. The summed E-state index contributed by atoms with van der Waals surface area (Å²) in [6, 6.07) is 12.7. The van der Waals surface area contributed by atoms with E-state index in [2.05, 4.69) is 41.1 Å². The second kappa shape index (κ2) is 7.01. The molecule has 131 valence electrons. The number of piperidine rings is 3. The van der Waals surface area contributed by atoms with Gasteiger partial charge in [-0.25, -0.2) is 0 Å². The molecule has 4 heterocycles. The van der Waals surface area contributed by atoms with Gasteiger partial charge in [0.05, 0.1) is 0 Å². The van der Waals surface area contributed by atoms with Crippen LogP contribution < -0.4 is 9.67 Å². The molecule has 1 amide bonds. The molecule has 5 rings (SSSR count). The van der Waals surface area contributed by atoms with Crippen LogP contribution in [-0.2, 0) is 0 Å². The van der Waals surface area contributed by atoms with E-state index >= 15 is 0 Å². The van der Waals surface area contributed by atoms with Crippen molar-refractivity contribution in [1.82, 2.24) is 10.2 Å². The molecule has 2 atom stereocenters. The van der Waals surface area contributed by atoms with Crippen LogP contribution in [0.25, 0.3) is 11.3 Å². The molecule has 1 radical (unpaired) electrons. The Kier molecular flexibility index (Phi) is 4.75. The van der Waals surface area contributed by atoms with E-state index in [0.29, 0.717) is 17.7 Å². The second-order valence-electron chi connectivity index (χ2n) is 7.05. The molecule has 1 aromatic heterocycles. The van der Waals surface area contributed by atoms with E-state index in [9.17, 15) is 4.79 Å². The first-order valence-electron chi connectivity index (χ1n) is 9.01. The molecule has 0 spiro atoms. The average molecular weight is 399 g/mol. The van der Waals surface area contributed by atoms with Gasteiger partial charge in [-0.05, 0) is 0 Å². The van der Waals surface area contributed by atoms with E-state index in [4.69, 9.17) is 4.42 Å². The third-order valence-corrected chi connectivity index (χ3v) is 7.36. The van der Waals surface area contributed by atoms with E-state index in [-0.39, 0.29) is 27.7 Å². The molecular formula is C20H24AsN2O2. The number of fused-ring (bicyclic) bond motifs is 3. The zero-order valence-corrected chi connectivity index (χ0v) is 16.6. The van der Waals surface area contributed by atoms with Gasteiger partial charge in [0.2, 0.25) is 0 Å². The number of carbonyl (C=O) groups excluding carboxylic acids is 1. The van der Waals surface area contributed by atoms with Crippen LogP contribution in [0.4, 0.5) is 0 Å². The van der Waals surface area contributed by atoms with Gasteiger partial charge in [0, 0.05) is 0 Å². The normalized spacial score (nSPS) is 28.6. The summed E-state index contributed by atoms with van der Waals surface area (Å²) in [5.74, 6) is 1.69. The van der Waals surface area contributed by atoms with Crippen molar-refractivity contribution < 1.29 is 9.21 Å². The summed E-state index contributed by atoms with van der Waals surface area (Å²) in [4.78, 5) is 15.2. The Bertz CT molecular complexity index is 763. The molecule has 4 nitrogen and oxygen atoms in total. The van der Waals surface area contributed by atoms with Gasteiger partial charge in [-0.2, -0.15) is 0 Å². The summed E-state index contributed by atoms with van der Waals surface area (Å²) in [7, 11) is 0. The Morgan fingerprint density at radius 2 is 2.04 bits per heavy atom. The molecule has 0 unspecified atom stereocenters. The zero-order chi connectivity index (χ0) is 17.4. The molecule has 3 saturated heterocycles. The zero-order valence-electron chi connectivity index (χ0n) is 14.7. The third-order valence-electron chi connectivity index (χ3n) is 5.69. The number of carbonyl (C=O) groups is 1. The molecule has 2 bridgehead atoms. The molecule has 3 aliphatic rings. The minimum absolute atomic E-state index is 0.0881. The molecule has 25 heavy (non-hydrogen) atoms. The Labute approximate surface area is 155 Å². The molecule has 3 fully saturated rings. The van der Waals surface area contributed by atoms with Gasteiger partial charge < -0.3 is 0 Å². The van der Waals surface area contributed by atoms with Crippen molar-refractivity contribution in [3.8, 4) is 11.3 Å². The number of furan rings is 1. The van der Waals surface area contributed by atoms with Gasteiger partial charge in [-0.1, -0.05) is 0 Å². The molecule has 2 aromatic rings. The summed E-state index contributed by atoms with van der Waals surface area (Å²) < 4.78 is 7.23. The fourth-order valence-corrected chi connectivity index (χ4v) is 5.24. The number of nitrogens with zero attached hydrogens (tertiary/aromatic N) is 1. The summed E-state index contributed by atoms with van der Waals surface area (Å²) in [6.07, 6.45) is 2.37. The maximum atomic E-state index is 12.7. The Morgan fingerprint density at radius 1 is 1.24 bits per heavy atom. The van der Waals surface area contributed by atoms with Gasteiger partial charge in [-0.3, -0.25) is 0 Å². The van der Waals surface area contributed by atoms with Gasteiger partial charge in [-0.15, -0.1) is 0 Å². The number of hydrogen-bond donors (Lipinski definition) is 1. The SMILES string of the molecule is C[As]c1cccc(-c2ccc(C(=O)N[C@@H]3C4CCN(CC4)[C@H]3C)o2)c1. The van der Waals surface area contributed by atoms with Gasteiger partial charge >= 0.3 is 155 Å². The number of rotatable bonds is 4. The van der Waals surface area contributed by atoms with Crippen LogP contribution in [0.5, 0.6) is 0 Å². The van der Waals surface area contributed by atoms with Crippen LogP contribution in [0.3, 0.4) is 0 Å². The second-order valence-corrected chi connectivity index (χ2v) is 9.07. The van der Waals surface area contributed by atoms with Crippen molar-refractivity contribution in [2.75, 3.05) is 13.1 Å². The summed E-state index contributed by atoms with van der Waals surface area (Å²) in [5, 5.41) is 3.23. The van der Waals surface area contributed by atoms with Crippen molar-refractivity contribution >= 4 is 26.0 Å². The first-order valence-corrected chi connectivity index (χ1v) is 11.8. The van der Waals surface area contributed by atoms with Crippen molar-refractivity contribution in [3.63, 3.8) is 0 Å². The quantitative estimate of drug-likeness (QED) is 0.804. The predicted octanol–water partition coefficient (Wildman–Crippen LogP) is 2.54. The Balaban J connectivity index is 1.49. The van der Waals surface area contributed by atoms with Crippen LogP contribution in [0.1, 0.15) is 30.3 Å². The number of hydrogen-bond acceptors (Lipinski definition) is 3. The summed E-state index contributed by atoms with van der Waals surface area (Å²) in [5.41, 5.74) is 3.27. The van der Waals surface area contributed by atoms with Crippen LogP contribution in [-0.4, -0.2) is 51.7 Å². The predicted molar refractivity (Wildman–Crippen MR) is 100 cm³/mol. The number of amides is 1. The van der Waals surface area contributed by atoms with Gasteiger partial charge in [0.1, 0.15) is 0 Å². The van der Waals surface area contributed by atoms with Crippen molar-refractivity contribution in [2.45, 2.75) is 37.6 Å². The standard InChI is InChI=1S/C20H24AsN2O2/c1-13-19(14-8-10-23(13)11-9-14)22-20(24)18-7-6-17(25-18)15-4-3-5-16(12-15)21-2/h3-7,12-14,19H,8-11H2,1-2H3,(H,22,24)/t13-,19-/m0/s1. The average Bonchev–Trinajstić information content (AvgIpc) is 3.15. The van der Waals surface area contributed by atoms with E-state index in [1.54, 1.807) is 6.07 Å². The maximum absolute atomic E-state index is 12.7. The van der Waals surface area contributed by atoms with Crippen LogP contribution in [0, 0.1) is 5.92 Å². The monoisotopic (exact) mass is 399 g/mol. The minimum atomic E-state index is -0.0881. The molecule has 5 heteroatoms. The molecule has 3 aliphatic heterocycles. The summed E-state index contributed by atoms with van der Waals surface area (Å²) in [6.45, 7) is 4.56. The number of nitrogens with one attached hydrogen (secondary N) is 1. The fraction of sp³-hybridized carbons (Fsp3) is 0.450. The van der Waals surface area contributed by atoms with E-state index < -0.39 is 0 Å². The van der Waals surface area contributed by atoms with E-state index in [1.165, 1.54) is 30.3 Å². The van der Waals surface area contributed by atoms with E-state index in [1.807, 2.05) is 12.1 Å². The topological polar surface area (TPSA) is 45.5 Å². The molecule has 0 saturated carbocycles. The van der Waals surface area contributed by atoms with Crippen molar-refractivity contribution in [1.29, 1.82) is 0 Å². The molecule has 1 aromatic carbocycles. The molecule has 0 aliphatic carbocycles. The Morgan fingerprint density at radius 3 is 2.76 bits per heavy atom. The summed E-state index contributed by atoms with van der Waals surface area (Å²) >= 11 is 0.187. The van der Waals surface area contributed by atoms with Gasteiger partial charge in [0.25, 0.3) is 0 Å². The first kappa shape index (κ1) is 16.9. The molecule has 1 N–H and O–H groups in total. The Hall–Kier alpha value is -1.51. The fourth-order valence-electron chi connectivity index (χ4n) is 4.18. The van der Waals surface area contributed by atoms with Crippen LogP contribution in [0.15, 0.2) is 40.8 Å². The first-order chi connectivity index (χ1) is 12.2. The van der Waals surface area contributed by atoms with E-state index in [0.717, 1.165) is 11.3 Å². The van der Waals surface area contributed by atoms with Crippen LogP contribution in [0.2, 0.25) is 5.71 Å².